The van der Waals surface area contributed by atoms with Gasteiger partial charge >= 0.3 is 0 Å². The lowest BCUT2D eigenvalue weighted by atomic mass is 10.0. The summed E-state index contributed by atoms with van der Waals surface area (Å²) < 4.78 is 0. The predicted molar refractivity (Wildman–Crippen MR) is 86.8 cm³/mol. The zero-order valence-electron chi connectivity index (χ0n) is 12.3. The maximum atomic E-state index is 12.2. The third-order valence-corrected chi connectivity index (χ3v) is 3.82. The number of amides is 1. The maximum Gasteiger partial charge on any atom is 0.251 e. The van der Waals surface area contributed by atoms with Crippen LogP contribution in [-0.4, -0.2) is 22.5 Å². The Bertz CT molecular complexity index is 807. The fourth-order valence-electron chi connectivity index (χ4n) is 2.56. The van der Waals surface area contributed by atoms with Crippen LogP contribution in [0.1, 0.15) is 27.6 Å². The molecule has 3 rings (SSSR count). The molecule has 1 unspecified atom stereocenters. The van der Waals surface area contributed by atoms with Crippen molar-refractivity contribution in [3.05, 3.63) is 71.4 Å². The lowest BCUT2D eigenvalue weighted by molar-refractivity contribution is 0.0916. The van der Waals surface area contributed by atoms with E-state index in [9.17, 15) is 9.90 Å². The summed E-state index contributed by atoms with van der Waals surface area (Å²) in [7, 11) is 0. The van der Waals surface area contributed by atoms with Crippen LogP contribution in [-0.2, 0) is 0 Å². The highest BCUT2D eigenvalue weighted by Gasteiger charge is 2.12. The molecule has 4 heteroatoms. The minimum Gasteiger partial charge on any atom is -0.387 e. The summed E-state index contributed by atoms with van der Waals surface area (Å²) >= 11 is 0. The van der Waals surface area contributed by atoms with Gasteiger partial charge in [0.25, 0.3) is 5.91 Å². The molecule has 3 aromatic rings. The van der Waals surface area contributed by atoms with Crippen LogP contribution in [0.3, 0.4) is 0 Å². The molecule has 3 N–H and O–H groups in total. The number of carbonyl (C=O) groups is 1. The lowest BCUT2D eigenvalue weighted by Crippen LogP contribution is -2.28. The number of nitrogens with one attached hydrogen (secondary N) is 2. The first-order valence-corrected chi connectivity index (χ1v) is 7.24. The fraction of sp³-hybridized carbons (Fsp3) is 0.167. The SMILES string of the molecule is Cc1ccccc1C(O)CNC(=O)c1ccc2[nH]ccc2c1. The third kappa shape index (κ3) is 2.87. The zero-order chi connectivity index (χ0) is 15.5. The molecule has 0 aliphatic carbocycles. The molecule has 0 saturated heterocycles. The molecule has 1 atom stereocenters. The summed E-state index contributed by atoms with van der Waals surface area (Å²) in [6.07, 6.45) is 1.13. The molecule has 112 valence electrons. The Kier molecular flexibility index (Phi) is 3.94. The number of aliphatic hydroxyl groups excluding tert-OH is 1. The van der Waals surface area contributed by atoms with Gasteiger partial charge in [0.15, 0.2) is 0 Å². The number of hydrogen-bond acceptors (Lipinski definition) is 2. The number of H-pyrrole nitrogens is 1. The molecule has 0 aliphatic heterocycles. The van der Waals surface area contributed by atoms with Gasteiger partial charge in [-0.05, 0) is 42.3 Å². The van der Waals surface area contributed by atoms with Gasteiger partial charge in [0, 0.05) is 29.2 Å². The minimum atomic E-state index is -0.707. The van der Waals surface area contributed by atoms with Gasteiger partial charge in [0.05, 0.1) is 6.10 Å². The van der Waals surface area contributed by atoms with Crippen molar-refractivity contribution in [2.24, 2.45) is 0 Å². The molecule has 1 amide bonds. The van der Waals surface area contributed by atoms with Crippen LogP contribution in [0.15, 0.2) is 54.7 Å². The summed E-state index contributed by atoms with van der Waals surface area (Å²) in [5, 5.41) is 14.0. The normalized spacial score (nSPS) is 12.3. The summed E-state index contributed by atoms with van der Waals surface area (Å²) in [6, 6.07) is 15.0. The Morgan fingerprint density at radius 2 is 2.05 bits per heavy atom. The van der Waals surface area contributed by atoms with E-state index in [1.165, 1.54) is 0 Å². The largest absolute Gasteiger partial charge is 0.387 e. The van der Waals surface area contributed by atoms with Gasteiger partial charge < -0.3 is 15.4 Å². The number of aliphatic hydroxyl groups is 1. The smallest absolute Gasteiger partial charge is 0.251 e. The van der Waals surface area contributed by atoms with Crippen molar-refractivity contribution in [2.75, 3.05) is 6.54 Å². The first kappa shape index (κ1) is 14.4. The molecular weight excluding hydrogens is 276 g/mol. The van der Waals surface area contributed by atoms with Gasteiger partial charge in [-0.15, -0.1) is 0 Å². The Morgan fingerprint density at radius 3 is 2.86 bits per heavy atom. The van der Waals surface area contributed by atoms with Gasteiger partial charge in [-0.3, -0.25) is 4.79 Å². The Hall–Kier alpha value is -2.59. The number of aromatic amines is 1. The second kappa shape index (κ2) is 6.03. The lowest BCUT2D eigenvalue weighted by Gasteiger charge is -2.14. The van der Waals surface area contributed by atoms with E-state index in [4.69, 9.17) is 0 Å². The topological polar surface area (TPSA) is 65.1 Å². The average molecular weight is 294 g/mol. The molecule has 2 aromatic carbocycles. The average Bonchev–Trinajstić information content (AvgIpc) is 3.00. The van der Waals surface area contributed by atoms with Crippen molar-refractivity contribution in [1.82, 2.24) is 10.3 Å². The molecule has 0 saturated carbocycles. The monoisotopic (exact) mass is 294 g/mol. The van der Waals surface area contributed by atoms with E-state index in [2.05, 4.69) is 10.3 Å². The summed E-state index contributed by atoms with van der Waals surface area (Å²) in [6.45, 7) is 2.13. The molecule has 0 fully saturated rings. The van der Waals surface area contributed by atoms with Crippen molar-refractivity contribution in [1.29, 1.82) is 0 Å². The number of fused-ring (bicyclic) bond motifs is 1. The number of rotatable bonds is 4. The van der Waals surface area contributed by atoms with Crippen molar-refractivity contribution in [2.45, 2.75) is 13.0 Å². The molecule has 0 radical (unpaired) electrons. The number of aryl methyl sites for hydroxylation is 1. The van der Waals surface area contributed by atoms with Crippen LogP contribution >= 0.6 is 0 Å². The standard InChI is InChI=1S/C18H18N2O2/c1-12-4-2-3-5-15(12)17(21)11-20-18(22)14-6-7-16-13(10-14)8-9-19-16/h2-10,17,19,21H,11H2,1H3,(H,20,22). The molecule has 0 spiro atoms. The Morgan fingerprint density at radius 1 is 1.23 bits per heavy atom. The van der Waals surface area contributed by atoms with Gasteiger partial charge in [0.2, 0.25) is 0 Å². The van der Waals surface area contributed by atoms with Crippen molar-refractivity contribution in [3.8, 4) is 0 Å². The first-order chi connectivity index (χ1) is 10.6. The van der Waals surface area contributed by atoms with Gasteiger partial charge in [-0.25, -0.2) is 0 Å². The number of hydrogen-bond donors (Lipinski definition) is 3. The zero-order valence-corrected chi connectivity index (χ0v) is 12.3. The Balaban J connectivity index is 1.68. The quantitative estimate of drug-likeness (QED) is 0.692. The highest BCUT2D eigenvalue weighted by atomic mass is 16.3. The molecule has 0 aliphatic rings. The molecular formula is C18H18N2O2. The van der Waals surface area contributed by atoms with E-state index in [1.807, 2.05) is 55.6 Å². The number of carbonyl (C=O) groups excluding carboxylic acids is 1. The molecule has 22 heavy (non-hydrogen) atoms. The first-order valence-electron chi connectivity index (χ1n) is 7.24. The van der Waals surface area contributed by atoms with E-state index in [0.29, 0.717) is 5.56 Å². The number of benzene rings is 2. The predicted octanol–water partition coefficient (Wildman–Crippen LogP) is 2.94. The van der Waals surface area contributed by atoms with Crippen molar-refractivity contribution < 1.29 is 9.90 Å². The highest BCUT2D eigenvalue weighted by Crippen LogP contribution is 2.17. The highest BCUT2D eigenvalue weighted by molar-refractivity contribution is 5.98. The van der Waals surface area contributed by atoms with Crippen LogP contribution in [0.4, 0.5) is 0 Å². The van der Waals surface area contributed by atoms with Crippen LogP contribution in [0.5, 0.6) is 0 Å². The van der Waals surface area contributed by atoms with Gasteiger partial charge in [0.1, 0.15) is 0 Å². The van der Waals surface area contributed by atoms with E-state index in [-0.39, 0.29) is 12.5 Å². The van der Waals surface area contributed by atoms with E-state index in [0.717, 1.165) is 22.0 Å². The molecule has 0 bridgehead atoms. The van der Waals surface area contributed by atoms with E-state index < -0.39 is 6.10 Å². The summed E-state index contributed by atoms with van der Waals surface area (Å²) in [4.78, 5) is 15.3. The van der Waals surface area contributed by atoms with Gasteiger partial charge in [-0.1, -0.05) is 24.3 Å². The summed E-state index contributed by atoms with van der Waals surface area (Å²) in [5.74, 6) is -0.185. The van der Waals surface area contributed by atoms with E-state index in [1.54, 1.807) is 6.07 Å². The van der Waals surface area contributed by atoms with Crippen LogP contribution < -0.4 is 5.32 Å². The second-order valence-electron chi connectivity index (χ2n) is 5.36. The van der Waals surface area contributed by atoms with Crippen molar-refractivity contribution in [3.63, 3.8) is 0 Å². The minimum absolute atomic E-state index is 0.185. The molecule has 4 nitrogen and oxygen atoms in total. The summed E-state index contributed by atoms with van der Waals surface area (Å²) in [5.41, 5.74) is 3.43. The van der Waals surface area contributed by atoms with Crippen LogP contribution in [0, 0.1) is 6.92 Å². The fourth-order valence-corrected chi connectivity index (χ4v) is 2.56. The number of aromatic nitrogens is 1. The van der Waals surface area contributed by atoms with Crippen LogP contribution in [0.2, 0.25) is 0 Å². The molecule has 1 aromatic heterocycles. The van der Waals surface area contributed by atoms with Crippen LogP contribution in [0.25, 0.3) is 10.9 Å². The van der Waals surface area contributed by atoms with Gasteiger partial charge in [-0.2, -0.15) is 0 Å². The molecule has 1 heterocycles. The van der Waals surface area contributed by atoms with E-state index >= 15 is 0 Å². The maximum absolute atomic E-state index is 12.2. The Labute approximate surface area is 128 Å². The second-order valence-corrected chi connectivity index (χ2v) is 5.36. The third-order valence-electron chi connectivity index (χ3n) is 3.82. The van der Waals surface area contributed by atoms with Crippen molar-refractivity contribution >= 4 is 16.8 Å².